The smallest absolute Gasteiger partial charge is 0.0835 e. The molecule has 0 aromatic heterocycles. The molecule has 0 amide bonds. The van der Waals surface area contributed by atoms with Crippen LogP contribution in [-0.4, -0.2) is 19.3 Å². The lowest BCUT2D eigenvalue weighted by Gasteiger charge is -2.21. The largest absolute Gasteiger partial charge is 0.379 e. The lowest BCUT2D eigenvalue weighted by atomic mass is 10.1. The van der Waals surface area contributed by atoms with Crippen molar-refractivity contribution in [3.8, 4) is 0 Å². The van der Waals surface area contributed by atoms with Crippen LogP contribution in [0.25, 0.3) is 0 Å². The quantitative estimate of drug-likeness (QED) is 0.715. The maximum Gasteiger partial charge on any atom is 0.0835 e. The molecule has 0 fully saturated rings. The Morgan fingerprint density at radius 3 is 2.40 bits per heavy atom. The number of hydrogen-bond acceptors (Lipinski definition) is 2. The van der Waals surface area contributed by atoms with Gasteiger partial charge in [0.1, 0.15) is 0 Å². The molecule has 0 saturated carbocycles. The zero-order valence-electron chi connectivity index (χ0n) is 9.77. The van der Waals surface area contributed by atoms with Crippen LogP contribution in [0.4, 0.5) is 0 Å². The van der Waals surface area contributed by atoms with Crippen molar-refractivity contribution in [2.24, 2.45) is 0 Å². The number of rotatable bonds is 6. The highest BCUT2D eigenvalue weighted by Crippen LogP contribution is 2.10. The maximum absolute atomic E-state index is 5.80. The molecule has 0 N–H and O–H groups in total. The summed E-state index contributed by atoms with van der Waals surface area (Å²) in [6.07, 6.45) is 1.30. The van der Waals surface area contributed by atoms with Gasteiger partial charge in [-0.15, -0.1) is 0 Å². The topological polar surface area (TPSA) is 18.5 Å². The zero-order valence-corrected chi connectivity index (χ0v) is 9.77. The minimum absolute atomic E-state index is 0.152. The molecule has 84 valence electrons. The normalized spacial score (nSPS) is 14.9. The number of methoxy groups -OCH3 is 1. The van der Waals surface area contributed by atoms with Crippen molar-refractivity contribution in [1.29, 1.82) is 0 Å². The lowest BCUT2D eigenvalue weighted by Crippen LogP contribution is -2.27. The third-order valence-electron chi connectivity index (χ3n) is 2.60. The first kappa shape index (κ1) is 12.2. The Hall–Kier alpha value is -0.860. The molecular formula is C13H20O2. The molecule has 2 atom stereocenters. The molecule has 2 unspecified atom stereocenters. The summed E-state index contributed by atoms with van der Waals surface area (Å²) in [5.74, 6) is 0. The van der Waals surface area contributed by atoms with E-state index < -0.39 is 0 Å². The van der Waals surface area contributed by atoms with E-state index in [-0.39, 0.29) is 12.2 Å². The summed E-state index contributed by atoms with van der Waals surface area (Å²) in [5, 5.41) is 0. The van der Waals surface area contributed by atoms with Crippen molar-refractivity contribution in [2.45, 2.75) is 39.1 Å². The highest BCUT2D eigenvalue weighted by molar-refractivity contribution is 5.13. The zero-order chi connectivity index (χ0) is 11.1. The molecule has 0 heterocycles. The Balaban J connectivity index is 2.41. The first-order valence-corrected chi connectivity index (χ1v) is 5.46. The van der Waals surface area contributed by atoms with Gasteiger partial charge in [-0.05, 0) is 18.9 Å². The van der Waals surface area contributed by atoms with Crippen LogP contribution in [0.3, 0.4) is 0 Å². The first-order valence-electron chi connectivity index (χ1n) is 5.46. The van der Waals surface area contributed by atoms with Crippen LogP contribution in [0.1, 0.15) is 25.8 Å². The minimum atomic E-state index is 0.152. The molecule has 0 bridgehead atoms. The van der Waals surface area contributed by atoms with Crippen LogP contribution in [0.5, 0.6) is 0 Å². The Morgan fingerprint density at radius 1 is 1.20 bits per heavy atom. The summed E-state index contributed by atoms with van der Waals surface area (Å²) in [5.41, 5.74) is 1.21. The molecule has 0 aliphatic carbocycles. The molecule has 1 aromatic rings. The second-order valence-corrected chi connectivity index (χ2v) is 3.68. The molecule has 2 nitrogen and oxygen atoms in total. The van der Waals surface area contributed by atoms with Crippen LogP contribution in [0.2, 0.25) is 0 Å². The van der Waals surface area contributed by atoms with Crippen LogP contribution >= 0.6 is 0 Å². The Bertz CT molecular complexity index is 258. The van der Waals surface area contributed by atoms with Crippen LogP contribution in [0.15, 0.2) is 30.3 Å². The standard InChI is InChI=1S/C13H20O2/c1-4-13(11(2)14-3)15-10-12-8-6-5-7-9-12/h5-9,11,13H,4,10H2,1-3H3. The number of ether oxygens (including phenoxy) is 2. The number of hydrogen-bond donors (Lipinski definition) is 0. The fourth-order valence-electron chi connectivity index (χ4n) is 1.51. The highest BCUT2D eigenvalue weighted by atomic mass is 16.5. The molecule has 0 aliphatic rings. The molecule has 1 aromatic carbocycles. The van der Waals surface area contributed by atoms with Gasteiger partial charge in [-0.3, -0.25) is 0 Å². The van der Waals surface area contributed by atoms with Gasteiger partial charge < -0.3 is 9.47 Å². The maximum atomic E-state index is 5.80. The van der Waals surface area contributed by atoms with E-state index in [1.54, 1.807) is 7.11 Å². The predicted octanol–water partition coefficient (Wildman–Crippen LogP) is 3.02. The lowest BCUT2D eigenvalue weighted by molar-refractivity contribution is -0.0569. The molecule has 2 heteroatoms. The van der Waals surface area contributed by atoms with Crippen molar-refractivity contribution in [3.05, 3.63) is 35.9 Å². The van der Waals surface area contributed by atoms with E-state index >= 15 is 0 Å². The predicted molar refractivity (Wildman–Crippen MR) is 61.8 cm³/mol. The van der Waals surface area contributed by atoms with Gasteiger partial charge in [0.05, 0.1) is 18.8 Å². The molecular weight excluding hydrogens is 188 g/mol. The second kappa shape index (κ2) is 6.59. The van der Waals surface area contributed by atoms with E-state index in [1.807, 2.05) is 25.1 Å². The van der Waals surface area contributed by atoms with E-state index in [4.69, 9.17) is 9.47 Å². The van der Waals surface area contributed by atoms with E-state index in [2.05, 4.69) is 19.1 Å². The van der Waals surface area contributed by atoms with E-state index in [9.17, 15) is 0 Å². The van der Waals surface area contributed by atoms with Crippen molar-refractivity contribution in [3.63, 3.8) is 0 Å². The van der Waals surface area contributed by atoms with Crippen LogP contribution < -0.4 is 0 Å². The molecule has 1 rings (SSSR count). The third-order valence-corrected chi connectivity index (χ3v) is 2.60. The fraction of sp³-hybridized carbons (Fsp3) is 0.538. The summed E-state index contributed by atoms with van der Waals surface area (Å²) in [6.45, 7) is 4.82. The summed E-state index contributed by atoms with van der Waals surface area (Å²) < 4.78 is 11.1. The fourth-order valence-corrected chi connectivity index (χ4v) is 1.51. The Labute approximate surface area is 92.2 Å². The van der Waals surface area contributed by atoms with Crippen molar-refractivity contribution < 1.29 is 9.47 Å². The van der Waals surface area contributed by atoms with Gasteiger partial charge in [0.2, 0.25) is 0 Å². The SMILES string of the molecule is CCC(OCc1ccccc1)C(C)OC. The van der Waals surface area contributed by atoms with Crippen molar-refractivity contribution in [1.82, 2.24) is 0 Å². The van der Waals surface area contributed by atoms with Crippen molar-refractivity contribution >= 4 is 0 Å². The molecule has 15 heavy (non-hydrogen) atoms. The van der Waals surface area contributed by atoms with E-state index in [0.29, 0.717) is 6.61 Å². The van der Waals surface area contributed by atoms with Gasteiger partial charge in [0.15, 0.2) is 0 Å². The average molecular weight is 208 g/mol. The van der Waals surface area contributed by atoms with Gasteiger partial charge in [-0.1, -0.05) is 37.3 Å². The van der Waals surface area contributed by atoms with Gasteiger partial charge in [-0.2, -0.15) is 0 Å². The van der Waals surface area contributed by atoms with Gasteiger partial charge in [-0.25, -0.2) is 0 Å². The van der Waals surface area contributed by atoms with E-state index in [1.165, 1.54) is 5.56 Å². The minimum Gasteiger partial charge on any atom is -0.379 e. The third kappa shape index (κ3) is 4.02. The van der Waals surface area contributed by atoms with Crippen LogP contribution in [0, 0.1) is 0 Å². The first-order chi connectivity index (χ1) is 7.27. The number of benzene rings is 1. The second-order valence-electron chi connectivity index (χ2n) is 3.68. The van der Waals surface area contributed by atoms with Gasteiger partial charge in [0, 0.05) is 7.11 Å². The Morgan fingerprint density at radius 2 is 1.87 bits per heavy atom. The summed E-state index contributed by atoms with van der Waals surface area (Å²) >= 11 is 0. The van der Waals surface area contributed by atoms with Gasteiger partial charge in [0.25, 0.3) is 0 Å². The molecule has 0 saturated heterocycles. The summed E-state index contributed by atoms with van der Waals surface area (Å²) in [6, 6.07) is 10.2. The van der Waals surface area contributed by atoms with E-state index in [0.717, 1.165) is 6.42 Å². The van der Waals surface area contributed by atoms with Gasteiger partial charge >= 0.3 is 0 Å². The molecule has 0 spiro atoms. The highest BCUT2D eigenvalue weighted by Gasteiger charge is 2.14. The molecule has 0 aliphatic heterocycles. The van der Waals surface area contributed by atoms with Crippen LogP contribution in [-0.2, 0) is 16.1 Å². The Kier molecular flexibility index (Phi) is 5.37. The molecule has 0 radical (unpaired) electrons. The summed E-state index contributed by atoms with van der Waals surface area (Å²) in [7, 11) is 1.72. The average Bonchev–Trinajstić information content (AvgIpc) is 2.31. The van der Waals surface area contributed by atoms with Crippen molar-refractivity contribution in [2.75, 3.05) is 7.11 Å². The monoisotopic (exact) mass is 208 g/mol. The summed E-state index contributed by atoms with van der Waals surface area (Å²) in [4.78, 5) is 0.